The van der Waals surface area contributed by atoms with Crippen molar-refractivity contribution in [3.8, 4) is 0 Å². The lowest BCUT2D eigenvalue weighted by atomic mass is 9.81. The van der Waals surface area contributed by atoms with Gasteiger partial charge in [0.05, 0.1) is 6.54 Å². The molecule has 0 aromatic heterocycles. The number of urea groups is 1. The first kappa shape index (κ1) is 22.8. The molecule has 1 N–H and O–H groups in total. The predicted octanol–water partition coefficient (Wildman–Crippen LogP) is 2.61. The molecule has 0 radical (unpaired) electrons. The summed E-state index contributed by atoms with van der Waals surface area (Å²) in [5.74, 6) is -1.07. The monoisotopic (exact) mass is 428 g/mol. The maximum atomic E-state index is 13.0. The van der Waals surface area contributed by atoms with Gasteiger partial charge in [0.15, 0.2) is 0 Å². The van der Waals surface area contributed by atoms with Crippen molar-refractivity contribution in [2.75, 3.05) is 32.5 Å². The first-order valence-corrected chi connectivity index (χ1v) is 10.8. The van der Waals surface area contributed by atoms with E-state index in [2.05, 4.69) is 5.32 Å². The number of amides is 5. The van der Waals surface area contributed by atoms with E-state index in [9.17, 15) is 19.2 Å². The van der Waals surface area contributed by atoms with Gasteiger partial charge in [0.1, 0.15) is 12.1 Å². The summed E-state index contributed by atoms with van der Waals surface area (Å²) >= 11 is 0. The Kier molecular flexibility index (Phi) is 6.38. The van der Waals surface area contributed by atoms with Gasteiger partial charge < -0.3 is 15.1 Å². The Morgan fingerprint density at radius 3 is 2.23 bits per heavy atom. The lowest BCUT2D eigenvalue weighted by Crippen LogP contribution is -2.49. The van der Waals surface area contributed by atoms with Gasteiger partial charge >= 0.3 is 6.03 Å². The molecule has 1 spiro atoms. The number of carbonyl (C=O) groups excluding carboxylic acids is 4. The van der Waals surface area contributed by atoms with E-state index in [0.29, 0.717) is 12.8 Å². The fourth-order valence-electron chi connectivity index (χ4n) is 4.79. The quantitative estimate of drug-likeness (QED) is 0.730. The number of hydrogen-bond donors (Lipinski definition) is 1. The van der Waals surface area contributed by atoms with Crippen LogP contribution in [-0.2, 0) is 14.4 Å². The first-order chi connectivity index (χ1) is 14.6. The average molecular weight is 429 g/mol. The molecule has 0 unspecified atom stereocenters. The normalized spacial score (nSPS) is 18.0. The molecule has 2 fully saturated rings. The smallest absolute Gasteiger partial charge is 0.327 e. The highest BCUT2D eigenvalue weighted by Crippen LogP contribution is 2.39. The van der Waals surface area contributed by atoms with Gasteiger partial charge in [-0.05, 0) is 44.7 Å². The molecule has 1 saturated heterocycles. The van der Waals surface area contributed by atoms with Crippen LogP contribution in [0.25, 0.3) is 0 Å². The number of nitrogens with one attached hydrogen (secondary N) is 1. The summed E-state index contributed by atoms with van der Waals surface area (Å²) < 4.78 is 0. The van der Waals surface area contributed by atoms with Crippen molar-refractivity contribution in [3.63, 3.8) is 0 Å². The third-order valence-electron chi connectivity index (χ3n) is 6.53. The number of imide groups is 1. The molecule has 1 aromatic carbocycles. The summed E-state index contributed by atoms with van der Waals surface area (Å²) in [6.07, 6.45) is 4.10. The van der Waals surface area contributed by atoms with Crippen molar-refractivity contribution in [1.29, 1.82) is 0 Å². The van der Waals surface area contributed by atoms with Crippen LogP contribution in [-0.4, -0.2) is 71.2 Å². The fraction of sp³-hybridized carbons (Fsp3) is 0.565. The van der Waals surface area contributed by atoms with E-state index < -0.39 is 17.5 Å². The highest BCUT2D eigenvalue weighted by molar-refractivity contribution is 6.09. The van der Waals surface area contributed by atoms with Gasteiger partial charge in [-0.15, -0.1) is 0 Å². The van der Waals surface area contributed by atoms with Gasteiger partial charge in [-0.3, -0.25) is 19.3 Å². The molecular formula is C23H32N4O4. The molecular weight excluding hydrogens is 396 g/mol. The Hall–Kier alpha value is -2.90. The summed E-state index contributed by atoms with van der Waals surface area (Å²) in [4.78, 5) is 54.8. The van der Waals surface area contributed by atoms with Crippen LogP contribution in [0.4, 0.5) is 10.5 Å². The van der Waals surface area contributed by atoms with Crippen molar-refractivity contribution in [2.24, 2.45) is 0 Å². The minimum absolute atomic E-state index is 0.164. The number of anilines is 1. The van der Waals surface area contributed by atoms with E-state index in [4.69, 9.17) is 0 Å². The highest BCUT2D eigenvalue weighted by Gasteiger charge is 2.55. The summed E-state index contributed by atoms with van der Waals surface area (Å²) in [5.41, 5.74) is 2.94. The Morgan fingerprint density at radius 1 is 1.06 bits per heavy atom. The van der Waals surface area contributed by atoms with E-state index in [-0.39, 0.29) is 24.9 Å². The Balaban J connectivity index is 1.62. The molecule has 5 amide bonds. The topological polar surface area (TPSA) is 90.0 Å². The third-order valence-corrected chi connectivity index (χ3v) is 6.53. The van der Waals surface area contributed by atoms with E-state index in [0.717, 1.165) is 46.5 Å². The molecule has 1 aromatic rings. The van der Waals surface area contributed by atoms with Crippen molar-refractivity contribution >= 4 is 29.4 Å². The van der Waals surface area contributed by atoms with Crippen molar-refractivity contribution in [3.05, 3.63) is 28.8 Å². The Labute approximate surface area is 183 Å². The standard InChI is InChI=1S/C23H32N4O4/c1-15-11-16(2)20(17(3)12-15)24-18(28)13-25(4)19(29)14-27-21(30)23(26(5)22(27)31)9-7-6-8-10-23/h11-12H,6-10,13-14H2,1-5H3,(H,24,28). The second-order valence-electron chi connectivity index (χ2n) is 8.90. The number of carbonyl (C=O) groups is 4. The molecule has 0 atom stereocenters. The second-order valence-corrected chi connectivity index (χ2v) is 8.90. The van der Waals surface area contributed by atoms with Crippen LogP contribution >= 0.6 is 0 Å². The van der Waals surface area contributed by atoms with Crippen LogP contribution in [0.5, 0.6) is 0 Å². The van der Waals surface area contributed by atoms with E-state index in [1.54, 1.807) is 7.05 Å². The molecule has 2 aliphatic rings. The number of aryl methyl sites for hydroxylation is 3. The van der Waals surface area contributed by atoms with Crippen LogP contribution in [0.15, 0.2) is 12.1 Å². The predicted molar refractivity (Wildman–Crippen MR) is 118 cm³/mol. The average Bonchev–Trinajstić information content (AvgIpc) is 2.87. The third kappa shape index (κ3) is 4.29. The van der Waals surface area contributed by atoms with Crippen LogP contribution in [0.2, 0.25) is 0 Å². The van der Waals surface area contributed by atoms with E-state index in [1.807, 2.05) is 32.9 Å². The largest absolute Gasteiger partial charge is 0.335 e. The number of rotatable bonds is 5. The first-order valence-electron chi connectivity index (χ1n) is 10.8. The molecule has 3 rings (SSSR count). The van der Waals surface area contributed by atoms with Gasteiger partial charge in [-0.25, -0.2) is 4.79 Å². The van der Waals surface area contributed by atoms with Crippen LogP contribution in [0, 0.1) is 20.8 Å². The molecule has 8 heteroatoms. The van der Waals surface area contributed by atoms with Gasteiger partial charge in [-0.1, -0.05) is 37.0 Å². The van der Waals surface area contributed by atoms with Crippen LogP contribution < -0.4 is 5.32 Å². The highest BCUT2D eigenvalue weighted by atomic mass is 16.2. The number of likely N-dealkylation sites (N-methyl/N-ethyl adjacent to an activating group) is 2. The lowest BCUT2D eigenvalue weighted by Gasteiger charge is -2.35. The molecule has 168 valence electrons. The van der Waals surface area contributed by atoms with E-state index in [1.165, 1.54) is 16.8 Å². The van der Waals surface area contributed by atoms with E-state index >= 15 is 0 Å². The molecule has 0 bridgehead atoms. The zero-order valence-corrected chi connectivity index (χ0v) is 19.1. The number of benzene rings is 1. The van der Waals surface area contributed by atoms with Crippen molar-refractivity contribution in [1.82, 2.24) is 14.7 Å². The minimum atomic E-state index is -0.813. The number of nitrogens with zero attached hydrogens (tertiary/aromatic N) is 3. The second kappa shape index (κ2) is 8.69. The summed E-state index contributed by atoms with van der Waals surface area (Å²) in [7, 11) is 3.14. The molecule has 1 aliphatic heterocycles. The fourth-order valence-corrected chi connectivity index (χ4v) is 4.79. The molecule has 1 aliphatic carbocycles. The van der Waals surface area contributed by atoms with Crippen molar-refractivity contribution < 1.29 is 19.2 Å². The molecule has 31 heavy (non-hydrogen) atoms. The lowest BCUT2D eigenvalue weighted by molar-refractivity contribution is -0.140. The Morgan fingerprint density at radius 2 is 1.65 bits per heavy atom. The zero-order chi connectivity index (χ0) is 22.9. The Bertz CT molecular complexity index is 897. The van der Waals surface area contributed by atoms with Crippen LogP contribution in [0.3, 0.4) is 0 Å². The van der Waals surface area contributed by atoms with Gasteiger partial charge in [0.2, 0.25) is 11.8 Å². The number of hydrogen-bond acceptors (Lipinski definition) is 4. The SMILES string of the molecule is Cc1cc(C)c(NC(=O)CN(C)C(=O)CN2C(=O)N(C)C3(CCCCC3)C2=O)c(C)c1. The molecule has 1 saturated carbocycles. The van der Waals surface area contributed by atoms with Crippen molar-refractivity contribution in [2.45, 2.75) is 58.4 Å². The molecule has 8 nitrogen and oxygen atoms in total. The van der Waals surface area contributed by atoms with Crippen LogP contribution in [0.1, 0.15) is 48.8 Å². The zero-order valence-electron chi connectivity index (χ0n) is 19.1. The summed E-state index contributed by atoms with van der Waals surface area (Å²) in [6, 6.07) is 3.53. The maximum absolute atomic E-state index is 13.0. The molecule has 1 heterocycles. The summed E-state index contributed by atoms with van der Waals surface area (Å²) in [6.45, 7) is 5.33. The van der Waals surface area contributed by atoms with Gasteiger partial charge in [0.25, 0.3) is 5.91 Å². The summed E-state index contributed by atoms with van der Waals surface area (Å²) in [5, 5.41) is 2.87. The van der Waals surface area contributed by atoms with Gasteiger partial charge in [-0.2, -0.15) is 0 Å². The maximum Gasteiger partial charge on any atom is 0.327 e. The minimum Gasteiger partial charge on any atom is -0.335 e. The van der Waals surface area contributed by atoms with Gasteiger partial charge in [0, 0.05) is 19.8 Å².